The summed E-state index contributed by atoms with van der Waals surface area (Å²) in [5.74, 6) is 0. The van der Waals surface area contributed by atoms with E-state index < -0.39 is 0 Å². The van der Waals surface area contributed by atoms with Gasteiger partial charge in [0.05, 0.1) is 16.9 Å². The van der Waals surface area contributed by atoms with Gasteiger partial charge in [0.25, 0.3) is 0 Å². The van der Waals surface area contributed by atoms with Gasteiger partial charge in [0.15, 0.2) is 0 Å². The molecule has 0 bridgehead atoms. The van der Waals surface area contributed by atoms with Crippen LogP contribution >= 0.6 is 11.3 Å². The van der Waals surface area contributed by atoms with Crippen molar-refractivity contribution in [2.75, 3.05) is 13.6 Å². The van der Waals surface area contributed by atoms with Crippen LogP contribution in [0.25, 0.3) is 5.70 Å². The number of nitrogens with zero attached hydrogens (tertiary/aromatic N) is 2. The summed E-state index contributed by atoms with van der Waals surface area (Å²) in [5, 5.41) is 2.07. The predicted molar refractivity (Wildman–Crippen MR) is 54.1 cm³/mol. The maximum Gasteiger partial charge on any atom is 0.0968 e. The average Bonchev–Trinajstić information content (AvgIpc) is 2.58. The van der Waals surface area contributed by atoms with Crippen LogP contribution < -0.4 is 0 Å². The number of thiazole rings is 1. The van der Waals surface area contributed by atoms with E-state index in [0.29, 0.717) is 0 Å². The minimum absolute atomic E-state index is 1.01. The topological polar surface area (TPSA) is 16.1 Å². The predicted octanol–water partition coefficient (Wildman–Crippen LogP) is 2.46. The quantitative estimate of drug-likeness (QED) is 0.714. The van der Waals surface area contributed by atoms with Crippen LogP contribution in [-0.4, -0.2) is 23.5 Å². The Morgan fingerprint density at radius 1 is 1.75 bits per heavy atom. The minimum Gasteiger partial charge on any atom is -0.373 e. The molecule has 0 saturated carbocycles. The van der Waals surface area contributed by atoms with Crippen molar-refractivity contribution in [2.45, 2.75) is 13.8 Å². The summed E-state index contributed by atoms with van der Waals surface area (Å²) in [4.78, 5) is 6.45. The molecule has 66 valence electrons. The summed E-state index contributed by atoms with van der Waals surface area (Å²) in [6.07, 6.45) is 2.10. The Hall–Kier alpha value is -0.830. The second-order valence-corrected chi connectivity index (χ2v) is 3.28. The van der Waals surface area contributed by atoms with Gasteiger partial charge in [-0.25, -0.2) is 4.98 Å². The van der Waals surface area contributed by atoms with Crippen LogP contribution in [0.4, 0.5) is 0 Å². The lowest BCUT2D eigenvalue weighted by atomic mass is 10.3. The van der Waals surface area contributed by atoms with Crippen molar-refractivity contribution in [3.05, 3.63) is 22.7 Å². The van der Waals surface area contributed by atoms with Crippen LogP contribution in [-0.2, 0) is 0 Å². The zero-order valence-corrected chi connectivity index (χ0v) is 8.56. The summed E-state index contributed by atoms with van der Waals surface area (Å²) in [5.41, 5.74) is 4.15. The van der Waals surface area contributed by atoms with Crippen molar-refractivity contribution in [3.8, 4) is 0 Å². The Kier molecular flexibility index (Phi) is 3.29. The van der Waals surface area contributed by atoms with E-state index in [1.807, 2.05) is 12.4 Å². The maximum atomic E-state index is 4.27. The third-order valence-corrected chi connectivity index (χ3v) is 2.44. The molecule has 0 amide bonds. The molecule has 1 aromatic rings. The molecule has 0 radical (unpaired) electrons. The second kappa shape index (κ2) is 4.26. The number of allylic oxidation sites excluding steroid dienone is 1. The smallest absolute Gasteiger partial charge is 0.0968 e. The van der Waals surface area contributed by atoms with Gasteiger partial charge in [-0.1, -0.05) is 6.08 Å². The van der Waals surface area contributed by atoms with Crippen molar-refractivity contribution in [2.24, 2.45) is 0 Å². The van der Waals surface area contributed by atoms with Crippen LogP contribution in [0, 0.1) is 0 Å². The molecule has 1 heterocycles. The van der Waals surface area contributed by atoms with E-state index in [4.69, 9.17) is 0 Å². The second-order valence-electron chi connectivity index (χ2n) is 2.56. The Bertz CT molecular complexity index is 252. The number of rotatable bonds is 3. The molecule has 0 aliphatic carbocycles. The van der Waals surface area contributed by atoms with Crippen molar-refractivity contribution >= 4 is 17.0 Å². The van der Waals surface area contributed by atoms with Gasteiger partial charge < -0.3 is 4.90 Å². The molecule has 0 aliphatic rings. The van der Waals surface area contributed by atoms with E-state index in [0.717, 1.165) is 12.2 Å². The number of hydrogen-bond acceptors (Lipinski definition) is 3. The van der Waals surface area contributed by atoms with E-state index in [9.17, 15) is 0 Å². The fraction of sp³-hybridized carbons (Fsp3) is 0.444. The summed E-state index contributed by atoms with van der Waals surface area (Å²) in [7, 11) is 2.08. The normalized spacial score (nSPS) is 11.8. The molecule has 0 spiro atoms. The van der Waals surface area contributed by atoms with E-state index in [-0.39, 0.29) is 0 Å². The number of aromatic nitrogens is 1. The van der Waals surface area contributed by atoms with Crippen molar-refractivity contribution < 1.29 is 0 Å². The van der Waals surface area contributed by atoms with E-state index in [1.165, 1.54) is 5.70 Å². The molecule has 0 unspecified atom stereocenters. The third kappa shape index (κ3) is 1.85. The minimum atomic E-state index is 1.01. The first-order valence-electron chi connectivity index (χ1n) is 4.05. The highest BCUT2D eigenvalue weighted by Gasteiger charge is 2.05. The molecule has 12 heavy (non-hydrogen) atoms. The molecular weight excluding hydrogens is 168 g/mol. The molecule has 0 atom stereocenters. The Morgan fingerprint density at radius 2 is 2.50 bits per heavy atom. The zero-order chi connectivity index (χ0) is 8.97. The fourth-order valence-electron chi connectivity index (χ4n) is 1.07. The molecule has 1 rings (SSSR count). The summed E-state index contributed by atoms with van der Waals surface area (Å²) in [6.45, 7) is 5.19. The number of hydrogen-bond donors (Lipinski definition) is 0. The lowest BCUT2D eigenvalue weighted by Gasteiger charge is -2.18. The molecule has 1 aromatic heterocycles. The molecule has 2 nitrogen and oxygen atoms in total. The van der Waals surface area contributed by atoms with Gasteiger partial charge in [0, 0.05) is 19.0 Å². The van der Waals surface area contributed by atoms with Crippen molar-refractivity contribution in [3.63, 3.8) is 0 Å². The Morgan fingerprint density at radius 3 is 2.92 bits per heavy atom. The maximum absolute atomic E-state index is 4.27. The molecule has 0 fully saturated rings. The van der Waals surface area contributed by atoms with Crippen LogP contribution in [0.1, 0.15) is 19.5 Å². The Labute approximate surface area is 77.6 Å². The van der Waals surface area contributed by atoms with Crippen LogP contribution in [0.3, 0.4) is 0 Å². The summed E-state index contributed by atoms with van der Waals surface area (Å²) < 4.78 is 0. The van der Waals surface area contributed by atoms with Gasteiger partial charge in [0.2, 0.25) is 0 Å². The fourth-order valence-corrected chi connectivity index (χ4v) is 1.62. The first kappa shape index (κ1) is 9.26. The van der Waals surface area contributed by atoms with Crippen molar-refractivity contribution in [1.82, 2.24) is 9.88 Å². The van der Waals surface area contributed by atoms with E-state index >= 15 is 0 Å². The molecule has 0 aromatic carbocycles. The molecule has 0 N–H and O–H groups in total. The van der Waals surface area contributed by atoms with Crippen LogP contribution in [0.2, 0.25) is 0 Å². The molecule has 0 aliphatic heterocycles. The third-order valence-electron chi connectivity index (χ3n) is 1.85. The highest BCUT2D eigenvalue weighted by Crippen LogP contribution is 2.16. The average molecular weight is 182 g/mol. The largest absolute Gasteiger partial charge is 0.373 e. The summed E-state index contributed by atoms with van der Waals surface area (Å²) in [6, 6.07) is 0. The van der Waals surface area contributed by atoms with Crippen LogP contribution in [0.15, 0.2) is 17.0 Å². The van der Waals surface area contributed by atoms with Crippen molar-refractivity contribution in [1.29, 1.82) is 0 Å². The van der Waals surface area contributed by atoms with Gasteiger partial charge in [0.1, 0.15) is 0 Å². The lowest BCUT2D eigenvalue weighted by Crippen LogP contribution is -2.15. The van der Waals surface area contributed by atoms with E-state index in [1.54, 1.807) is 11.3 Å². The van der Waals surface area contributed by atoms with Crippen LogP contribution in [0.5, 0.6) is 0 Å². The highest BCUT2D eigenvalue weighted by molar-refractivity contribution is 7.07. The van der Waals surface area contributed by atoms with Gasteiger partial charge in [-0.2, -0.15) is 0 Å². The molecular formula is C9H14N2S. The van der Waals surface area contributed by atoms with Gasteiger partial charge in [-0.3, -0.25) is 0 Å². The van der Waals surface area contributed by atoms with E-state index in [2.05, 4.69) is 35.3 Å². The first-order valence-corrected chi connectivity index (χ1v) is 4.99. The van der Waals surface area contributed by atoms with Gasteiger partial charge in [-0.15, -0.1) is 11.3 Å². The standard InChI is InChI=1S/C9H14N2S/c1-4-9(11(3)5-2)8-6-12-7-10-8/h4,6-7H,5H2,1-3H3. The first-order chi connectivity index (χ1) is 5.79. The SMILES string of the molecule is CC=C(c1cscn1)N(C)CC. The highest BCUT2D eigenvalue weighted by atomic mass is 32.1. The van der Waals surface area contributed by atoms with Gasteiger partial charge in [-0.05, 0) is 13.8 Å². The summed E-state index contributed by atoms with van der Waals surface area (Å²) >= 11 is 1.63. The lowest BCUT2D eigenvalue weighted by molar-refractivity contribution is 0.507. The molecule has 0 saturated heterocycles. The van der Waals surface area contributed by atoms with Gasteiger partial charge >= 0.3 is 0 Å². The monoisotopic (exact) mass is 182 g/mol. The zero-order valence-electron chi connectivity index (χ0n) is 7.74. The molecule has 3 heteroatoms. The Balaban J connectivity index is 2.85.